The Morgan fingerprint density at radius 1 is 1.10 bits per heavy atom. The van der Waals surface area contributed by atoms with Crippen LogP contribution in [-0.4, -0.2) is 29.2 Å². The smallest absolute Gasteiger partial charge is 0.419 e. The van der Waals surface area contributed by atoms with E-state index in [1.165, 1.54) is 16.7 Å². The van der Waals surface area contributed by atoms with Crippen molar-refractivity contribution in [2.45, 2.75) is 45.6 Å². The molecule has 0 unspecified atom stereocenters. The van der Waals surface area contributed by atoms with Gasteiger partial charge in [-0.3, -0.25) is 4.79 Å². The third-order valence-corrected chi connectivity index (χ3v) is 5.38. The lowest BCUT2D eigenvalue weighted by atomic mass is 10.1. The fourth-order valence-electron chi connectivity index (χ4n) is 3.67. The van der Waals surface area contributed by atoms with E-state index in [1.807, 2.05) is 51.1 Å². The van der Waals surface area contributed by atoms with Crippen LogP contribution in [0, 0.1) is 11.7 Å². The molecule has 1 saturated carbocycles. The number of amides is 1. The van der Waals surface area contributed by atoms with Gasteiger partial charge in [0.25, 0.3) is 0 Å². The molecule has 162 valence electrons. The van der Waals surface area contributed by atoms with Gasteiger partial charge in [0.1, 0.15) is 11.4 Å². The molecule has 6 heteroatoms. The zero-order valence-electron chi connectivity index (χ0n) is 18.3. The van der Waals surface area contributed by atoms with Crippen molar-refractivity contribution in [2.75, 3.05) is 11.9 Å². The summed E-state index contributed by atoms with van der Waals surface area (Å²) in [4.78, 5) is 26.9. The summed E-state index contributed by atoms with van der Waals surface area (Å²) in [5.41, 5.74) is 2.49. The Morgan fingerprint density at radius 3 is 2.39 bits per heavy atom. The van der Waals surface area contributed by atoms with Crippen LogP contribution in [0.5, 0.6) is 0 Å². The molecule has 1 aromatic heterocycles. The van der Waals surface area contributed by atoms with Crippen LogP contribution in [0.25, 0.3) is 10.9 Å². The second kappa shape index (κ2) is 7.84. The van der Waals surface area contributed by atoms with Crippen LogP contribution < -0.4 is 4.90 Å². The van der Waals surface area contributed by atoms with Crippen molar-refractivity contribution >= 4 is 28.6 Å². The number of halogens is 1. The van der Waals surface area contributed by atoms with Crippen molar-refractivity contribution < 1.29 is 18.7 Å². The van der Waals surface area contributed by atoms with Crippen molar-refractivity contribution in [2.24, 2.45) is 5.92 Å². The fraction of sp³-hybridized carbons (Fsp3) is 0.360. The number of fused-ring (bicyclic) bond motifs is 1. The van der Waals surface area contributed by atoms with E-state index in [4.69, 9.17) is 4.74 Å². The zero-order valence-corrected chi connectivity index (χ0v) is 18.3. The predicted molar refractivity (Wildman–Crippen MR) is 119 cm³/mol. The Balaban J connectivity index is 1.63. The van der Waals surface area contributed by atoms with E-state index in [9.17, 15) is 14.0 Å². The third kappa shape index (κ3) is 4.63. The summed E-state index contributed by atoms with van der Waals surface area (Å²) in [6.45, 7) is 5.44. The summed E-state index contributed by atoms with van der Waals surface area (Å²) in [5, 5.41) is 0.646. The SMILES string of the molecule is CN(C(=O)C1CC1)c1ccc(Cc2cc3cc(F)ccc3n2C(=O)OC(C)(C)C)cc1. The number of benzene rings is 2. The van der Waals surface area contributed by atoms with Crippen LogP contribution in [0.15, 0.2) is 48.5 Å². The van der Waals surface area contributed by atoms with Crippen molar-refractivity contribution in [1.29, 1.82) is 0 Å². The number of aromatic nitrogens is 1. The second-order valence-corrected chi connectivity index (χ2v) is 9.17. The zero-order chi connectivity index (χ0) is 22.3. The molecular formula is C25H27FN2O3. The molecule has 4 rings (SSSR count). The molecule has 0 N–H and O–H groups in total. The topological polar surface area (TPSA) is 51.5 Å². The molecule has 31 heavy (non-hydrogen) atoms. The maximum absolute atomic E-state index is 13.8. The lowest BCUT2D eigenvalue weighted by molar-refractivity contribution is -0.119. The van der Waals surface area contributed by atoms with Gasteiger partial charge in [-0.15, -0.1) is 0 Å². The van der Waals surface area contributed by atoms with E-state index >= 15 is 0 Å². The lowest BCUT2D eigenvalue weighted by Crippen LogP contribution is -2.28. The molecule has 1 aliphatic rings. The van der Waals surface area contributed by atoms with Crippen molar-refractivity contribution in [3.63, 3.8) is 0 Å². The number of hydrogen-bond donors (Lipinski definition) is 0. The van der Waals surface area contributed by atoms with Gasteiger partial charge in [-0.05, 0) is 75.6 Å². The number of anilines is 1. The summed E-state index contributed by atoms with van der Waals surface area (Å²) < 4.78 is 20.9. The molecular weight excluding hydrogens is 395 g/mol. The Hall–Kier alpha value is -3.15. The van der Waals surface area contributed by atoms with Crippen LogP contribution in [0.4, 0.5) is 14.9 Å². The van der Waals surface area contributed by atoms with Crippen LogP contribution in [-0.2, 0) is 16.0 Å². The molecule has 0 saturated heterocycles. The van der Waals surface area contributed by atoms with Gasteiger partial charge in [-0.25, -0.2) is 13.8 Å². The van der Waals surface area contributed by atoms with Gasteiger partial charge in [-0.1, -0.05) is 12.1 Å². The van der Waals surface area contributed by atoms with E-state index in [-0.39, 0.29) is 17.6 Å². The minimum absolute atomic E-state index is 0.153. The highest BCUT2D eigenvalue weighted by Crippen LogP contribution is 2.32. The maximum atomic E-state index is 13.8. The standard InChI is InChI=1S/C25H27FN2O3/c1-25(2,3)31-24(30)28-21(15-18-14-19(26)9-12-22(18)28)13-16-5-10-20(11-6-16)27(4)23(29)17-7-8-17/h5-6,9-12,14-15,17H,7-8,13H2,1-4H3. The molecule has 2 aromatic carbocycles. The molecule has 5 nitrogen and oxygen atoms in total. The molecule has 1 heterocycles. The monoisotopic (exact) mass is 422 g/mol. The molecule has 0 spiro atoms. The Kier molecular flexibility index (Phi) is 5.33. The molecule has 0 radical (unpaired) electrons. The highest BCUT2D eigenvalue weighted by Gasteiger charge is 2.32. The largest absolute Gasteiger partial charge is 0.443 e. The molecule has 0 atom stereocenters. The average Bonchev–Trinajstić information content (AvgIpc) is 3.48. The van der Waals surface area contributed by atoms with Gasteiger partial charge in [0.05, 0.1) is 5.52 Å². The lowest BCUT2D eigenvalue weighted by Gasteiger charge is -2.21. The quantitative estimate of drug-likeness (QED) is 0.556. The summed E-state index contributed by atoms with van der Waals surface area (Å²) in [7, 11) is 1.80. The number of hydrogen-bond acceptors (Lipinski definition) is 3. The van der Waals surface area contributed by atoms with Gasteiger partial charge in [0.15, 0.2) is 0 Å². The first-order chi connectivity index (χ1) is 14.6. The fourth-order valence-corrected chi connectivity index (χ4v) is 3.67. The number of rotatable bonds is 4. The van der Waals surface area contributed by atoms with E-state index < -0.39 is 11.7 Å². The number of carbonyl (C=O) groups excluding carboxylic acids is 2. The normalized spacial score (nSPS) is 14.0. The average molecular weight is 423 g/mol. The molecule has 1 aliphatic carbocycles. The predicted octanol–water partition coefficient (Wildman–Crippen LogP) is 5.53. The minimum Gasteiger partial charge on any atom is -0.443 e. The number of ether oxygens (including phenoxy) is 1. The van der Waals surface area contributed by atoms with Crippen molar-refractivity contribution in [3.05, 3.63) is 65.6 Å². The maximum Gasteiger partial charge on any atom is 0.419 e. The molecule has 3 aromatic rings. The van der Waals surface area contributed by atoms with Gasteiger partial charge >= 0.3 is 6.09 Å². The highest BCUT2D eigenvalue weighted by molar-refractivity contribution is 5.96. The number of nitrogens with zero attached hydrogens (tertiary/aromatic N) is 2. The second-order valence-electron chi connectivity index (χ2n) is 9.17. The molecule has 1 amide bonds. The van der Waals surface area contributed by atoms with E-state index in [2.05, 4.69) is 0 Å². The minimum atomic E-state index is -0.648. The van der Waals surface area contributed by atoms with E-state index in [0.29, 0.717) is 23.0 Å². The highest BCUT2D eigenvalue weighted by atomic mass is 19.1. The van der Waals surface area contributed by atoms with E-state index in [1.54, 1.807) is 18.0 Å². The summed E-state index contributed by atoms with van der Waals surface area (Å²) >= 11 is 0. The first-order valence-corrected chi connectivity index (χ1v) is 10.5. The summed E-state index contributed by atoms with van der Waals surface area (Å²) in [6, 6.07) is 13.9. The van der Waals surface area contributed by atoms with Gasteiger partial charge < -0.3 is 9.64 Å². The Labute approximate surface area is 181 Å². The third-order valence-electron chi connectivity index (χ3n) is 5.38. The van der Waals surface area contributed by atoms with Gasteiger partial charge in [-0.2, -0.15) is 0 Å². The van der Waals surface area contributed by atoms with Crippen LogP contribution in [0.3, 0.4) is 0 Å². The molecule has 0 bridgehead atoms. The number of carbonyl (C=O) groups is 2. The Bertz CT molecular complexity index is 1140. The van der Waals surface area contributed by atoms with Crippen molar-refractivity contribution in [1.82, 2.24) is 4.57 Å². The molecule has 0 aliphatic heterocycles. The van der Waals surface area contributed by atoms with Gasteiger partial charge in [0.2, 0.25) is 5.91 Å². The van der Waals surface area contributed by atoms with Crippen LogP contribution in [0.1, 0.15) is 44.9 Å². The molecule has 1 fully saturated rings. The van der Waals surface area contributed by atoms with E-state index in [0.717, 1.165) is 24.1 Å². The summed E-state index contributed by atoms with van der Waals surface area (Å²) in [6.07, 6.45) is 1.92. The van der Waals surface area contributed by atoms with Crippen LogP contribution >= 0.6 is 0 Å². The first kappa shape index (κ1) is 21.1. The Morgan fingerprint density at radius 2 is 1.77 bits per heavy atom. The van der Waals surface area contributed by atoms with Crippen molar-refractivity contribution in [3.8, 4) is 0 Å². The van der Waals surface area contributed by atoms with Gasteiger partial charge in [0, 0.05) is 36.2 Å². The summed E-state index contributed by atoms with van der Waals surface area (Å²) in [5.74, 6) is -0.0393. The first-order valence-electron chi connectivity index (χ1n) is 10.5. The van der Waals surface area contributed by atoms with Crippen LogP contribution in [0.2, 0.25) is 0 Å².